The van der Waals surface area contributed by atoms with Gasteiger partial charge in [0.2, 0.25) is 5.91 Å². The molecular formula is C12H12N2O3S. The molecular weight excluding hydrogens is 252 g/mol. The van der Waals surface area contributed by atoms with Crippen LogP contribution in [0.25, 0.3) is 0 Å². The van der Waals surface area contributed by atoms with Crippen LogP contribution in [-0.2, 0) is 9.59 Å². The standard InChI is InChI=1S/C12H12N2O3S/c1-8(16)18-10-5-11(17)14(6-10)12-9(7-15)3-2-4-13-12/h2-4,7,10H,5-6H2,1H3. The van der Waals surface area contributed by atoms with Crippen LogP contribution in [0.15, 0.2) is 18.3 Å². The molecule has 0 spiro atoms. The number of carbonyl (C=O) groups excluding carboxylic acids is 3. The lowest BCUT2D eigenvalue weighted by atomic mass is 10.2. The molecule has 1 amide bonds. The lowest BCUT2D eigenvalue weighted by Gasteiger charge is -2.16. The lowest BCUT2D eigenvalue weighted by molar-refractivity contribution is -0.117. The molecule has 6 heteroatoms. The van der Waals surface area contributed by atoms with E-state index in [9.17, 15) is 14.4 Å². The van der Waals surface area contributed by atoms with Gasteiger partial charge in [0.1, 0.15) is 5.82 Å². The molecule has 0 aromatic carbocycles. The Balaban J connectivity index is 2.21. The fourth-order valence-corrected chi connectivity index (χ4v) is 2.84. The van der Waals surface area contributed by atoms with Crippen molar-refractivity contribution in [3.63, 3.8) is 0 Å². The first-order valence-corrected chi connectivity index (χ1v) is 6.37. The molecule has 0 bridgehead atoms. The summed E-state index contributed by atoms with van der Waals surface area (Å²) in [7, 11) is 0. The minimum atomic E-state index is -0.101. The Morgan fingerprint density at radius 2 is 2.39 bits per heavy atom. The fourth-order valence-electron chi connectivity index (χ4n) is 1.92. The van der Waals surface area contributed by atoms with Crippen LogP contribution in [0.2, 0.25) is 0 Å². The third kappa shape index (κ3) is 2.59. The highest BCUT2D eigenvalue weighted by Gasteiger charge is 2.33. The normalized spacial score (nSPS) is 19.1. The van der Waals surface area contributed by atoms with Gasteiger partial charge in [-0.1, -0.05) is 11.8 Å². The molecule has 1 aliphatic rings. The van der Waals surface area contributed by atoms with Crippen molar-refractivity contribution in [3.05, 3.63) is 23.9 Å². The number of rotatable bonds is 3. The van der Waals surface area contributed by atoms with Crippen LogP contribution in [0.5, 0.6) is 0 Å². The van der Waals surface area contributed by atoms with E-state index in [0.717, 1.165) is 11.8 Å². The van der Waals surface area contributed by atoms with Crippen LogP contribution in [0.3, 0.4) is 0 Å². The second kappa shape index (κ2) is 5.30. The minimum Gasteiger partial charge on any atom is -0.298 e. The van der Waals surface area contributed by atoms with E-state index >= 15 is 0 Å². The molecule has 1 aromatic heterocycles. The van der Waals surface area contributed by atoms with Gasteiger partial charge in [-0.3, -0.25) is 19.3 Å². The molecule has 5 nitrogen and oxygen atoms in total. The lowest BCUT2D eigenvalue weighted by Crippen LogP contribution is -2.27. The molecule has 94 valence electrons. The molecule has 1 fully saturated rings. The molecule has 2 rings (SSSR count). The third-order valence-corrected chi connectivity index (χ3v) is 3.60. The molecule has 1 aromatic rings. The molecule has 0 radical (unpaired) electrons. The topological polar surface area (TPSA) is 67.3 Å². The average molecular weight is 264 g/mol. The number of amides is 1. The van der Waals surface area contributed by atoms with Crippen LogP contribution in [0, 0.1) is 0 Å². The number of hydrogen-bond acceptors (Lipinski definition) is 5. The Morgan fingerprint density at radius 1 is 1.61 bits per heavy atom. The second-order valence-corrected chi connectivity index (χ2v) is 5.45. The largest absolute Gasteiger partial charge is 0.298 e. The SMILES string of the molecule is CC(=O)SC1CC(=O)N(c2ncccc2C=O)C1. The van der Waals surface area contributed by atoms with Gasteiger partial charge in [0.05, 0.1) is 5.56 Å². The first-order valence-electron chi connectivity index (χ1n) is 5.49. The highest BCUT2D eigenvalue weighted by atomic mass is 32.2. The van der Waals surface area contributed by atoms with Crippen LogP contribution in [0.4, 0.5) is 5.82 Å². The maximum atomic E-state index is 11.9. The van der Waals surface area contributed by atoms with Gasteiger partial charge in [0, 0.05) is 31.3 Å². The summed E-state index contributed by atoms with van der Waals surface area (Å²) < 4.78 is 0. The zero-order chi connectivity index (χ0) is 13.1. The monoisotopic (exact) mass is 264 g/mol. The summed E-state index contributed by atoms with van der Waals surface area (Å²) in [4.78, 5) is 39.4. The van der Waals surface area contributed by atoms with Crippen LogP contribution in [0.1, 0.15) is 23.7 Å². The van der Waals surface area contributed by atoms with E-state index in [1.54, 1.807) is 18.3 Å². The van der Waals surface area contributed by atoms with Gasteiger partial charge in [0.25, 0.3) is 0 Å². The van der Waals surface area contributed by atoms with Gasteiger partial charge in [-0.25, -0.2) is 4.98 Å². The summed E-state index contributed by atoms with van der Waals surface area (Å²) in [5, 5.41) is -0.0669. The molecule has 18 heavy (non-hydrogen) atoms. The molecule has 1 aliphatic heterocycles. The van der Waals surface area contributed by atoms with Gasteiger partial charge in [-0.05, 0) is 12.1 Å². The van der Waals surface area contributed by atoms with E-state index in [2.05, 4.69) is 4.98 Å². The Labute approximate surface area is 109 Å². The zero-order valence-corrected chi connectivity index (χ0v) is 10.6. The van der Waals surface area contributed by atoms with Crippen LogP contribution >= 0.6 is 11.8 Å². The maximum absolute atomic E-state index is 11.9. The van der Waals surface area contributed by atoms with Crippen molar-refractivity contribution in [1.29, 1.82) is 0 Å². The van der Waals surface area contributed by atoms with Gasteiger partial charge in [0.15, 0.2) is 11.4 Å². The van der Waals surface area contributed by atoms with E-state index in [-0.39, 0.29) is 16.3 Å². The predicted octanol–water partition coefficient (Wildman–Crippen LogP) is 1.28. The van der Waals surface area contributed by atoms with E-state index in [1.807, 2.05) is 0 Å². The zero-order valence-electron chi connectivity index (χ0n) is 9.83. The van der Waals surface area contributed by atoms with E-state index in [0.29, 0.717) is 30.6 Å². The van der Waals surface area contributed by atoms with E-state index < -0.39 is 0 Å². The Morgan fingerprint density at radius 3 is 3.06 bits per heavy atom. The minimum absolute atomic E-state index is 0.00807. The fraction of sp³-hybridized carbons (Fsp3) is 0.333. The number of aromatic nitrogens is 1. The quantitative estimate of drug-likeness (QED) is 0.769. The van der Waals surface area contributed by atoms with Gasteiger partial charge in [-0.2, -0.15) is 0 Å². The number of nitrogens with zero attached hydrogens (tertiary/aromatic N) is 2. The average Bonchev–Trinajstić information content (AvgIpc) is 2.69. The number of carbonyl (C=O) groups is 3. The Kier molecular flexibility index (Phi) is 3.76. The van der Waals surface area contributed by atoms with Crippen molar-refractivity contribution < 1.29 is 14.4 Å². The predicted molar refractivity (Wildman–Crippen MR) is 68.7 cm³/mol. The summed E-state index contributed by atoms with van der Waals surface area (Å²) in [5.74, 6) is 0.278. The molecule has 0 N–H and O–H groups in total. The molecule has 2 heterocycles. The van der Waals surface area contributed by atoms with Crippen molar-refractivity contribution in [2.75, 3.05) is 11.4 Å². The van der Waals surface area contributed by atoms with Gasteiger partial charge < -0.3 is 0 Å². The van der Waals surface area contributed by atoms with Crippen LogP contribution < -0.4 is 4.90 Å². The molecule has 1 saturated heterocycles. The molecule has 1 atom stereocenters. The number of pyridine rings is 1. The van der Waals surface area contributed by atoms with Crippen molar-refractivity contribution in [2.45, 2.75) is 18.6 Å². The number of anilines is 1. The summed E-state index contributed by atoms with van der Waals surface area (Å²) >= 11 is 1.16. The first-order chi connectivity index (χ1) is 8.61. The summed E-state index contributed by atoms with van der Waals surface area (Å²) in [6.07, 6.45) is 2.53. The summed E-state index contributed by atoms with van der Waals surface area (Å²) in [6.45, 7) is 1.90. The van der Waals surface area contributed by atoms with Gasteiger partial charge in [-0.15, -0.1) is 0 Å². The van der Waals surface area contributed by atoms with Crippen molar-refractivity contribution >= 4 is 34.9 Å². The number of aldehydes is 1. The third-order valence-electron chi connectivity index (χ3n) is 2.62. The van der Waals surface area contributed by atoms with E-state index in [4.69, 9.17) is 0 Å². The maximum Gasteiger partial charge on any atom is 0.229 e. The first kappa shape index (κ1) is 12.8. The van der Waals surface area contributed by atoms with E-state index in [1.165, 1.54) is 11.8 Å². The highest BCUT2D eigenvalue weighted by Crippen LogP contribution is 2.28. The van der Waals surface area contributed by atoms with Crippen molar-refractivity contribution in [1.82, 2.24) is 4.98 Å². The van der Waals surface area contributed by atoms with Crippen LogP contribution in [-0.4, -0.2) is 34.1 Å². The smallest absolute Gasteiger partial charge is 0.229 e. The Bertz CT molecular complexity index is 504. The number of hydrogen-bond donors (Lipinski definition) is 0. The second-order valence-electron chi connectivity index (χ2n) is 3.97. The number of thioether (sulfide) groups is 1. The molecule has 0 aliphatic carbocycles. The highest BCUT2D eigenvalue weighted by molar-refractivity contribution is 8.14. The Hall–Kier alpha value is -1.69. The van der Waals surface area contributed by atoms with Gasteiger partial charge >= 0.3 is 0 Å². The summed E-state index contributed by atoms with van der Waals surface area (Å²) in [5.41, 5.74) is 0.388. The summed E-state index contributed by atoms with van der Waals surface area (Å²) in [6, 6.07) is 3.27. The molecule has 1 unspecified atom stereocenters. The molecule has 0 saturated carbocycles. The van der Waals surface area contributed by atoms with Crippen molar-refractivity contribution in [3.8, 4) is 0 Å². The van der Waals surface area contributed by atoms with Crippen molar-refractivity contribution in [2.24, 2.45) is 0 Å².